The number of hydrogen-bond donors (Lipinski definition) is 2. The number of carbonyl (C=O) groups is 4. The molecule has 5 rings (SSSR count). The summed E-state index contributed by atoms with van der Waals surface area (Å²) in [5, 5.41) is 10.7. The van der Waals surface area contributed by atoms with Crippen LogP contribution in [0, 0.1) is 11.6 Å². The SMILES string of the molecule is CC(Oc1ccc(F)c(C(N)=O)c1F)C(CCN1C(=O)c2ccccc2C1=O)(C(=O)O)c1nc(-c2ccc(C(F)(F)F)cc2)c(Br)o1. The number of nitrogens with zero attached hydrogens (tertiary/aromatic N) is 2. The Morgan fingerprint density at radius 3 is 2.15 bits per heavy atom. The number of fused-ring (bicyclic) bond motifs is 1. The second-order valence-electron chi connectivity index (χ2n) is 10.4. The second kappa shape index (κ2) is 12.2. The van der Waals surface area contributed by atoms with E-state index >= 15 is 4.39 Å². The van der Waals surface area contributed by atoms with Crippen LogP contribution in [0.1, 0.15) is 55.9 Å². The minimum Gasteiger partial charge on any atom is -0.486 e. The van der Waals surface area contributed by atoms with E-state index in [1.54, 1.807) is 0 Å². The van der Waals surface area contributed by atoms with Gasteiger partial charge in [-0.05, 0) is 65.7 Å². The molecule has 3 amide bonds. The van der Waals surface area contributed by atoms with Crippen molar-refractivity contribution in [1.29, 1.82) is 0 Å². The fourth-order valence-corrected chi connectivity index (χ4v) is 5.69. The molecule has 0 fully saturated rings. The first-order valence-electron chi connectivity index (χ1n) is 13.6. The molecule has 1 aliphatic heterocycles. The molecule has 10 nitrogen and oxygen atoms in total. The lowest BCUT2D eigenvalue weighted by atomic mass is 9.78. The molecule has 2 heterocycles. The minimum atomic E-state index is -4.63. The minimum absolute atomic E-state index is 0.0820. The second-order valence-corrected chi connectivity index (χ2v) is 11.1. The highest BCUT2D eigenvalue weighted by molar-refractivity contribution is 9.10. The van der Waals surface area contributed by atoms with E-state index in [4.69, 9.17) is 14.9 Å². The molecule has 2 atom stereocenters. The molecule has 244 valence electrons. The summed E-state index contributed by atoms with van der Waals surface area (Å²) in [4.78, 5) is 56.1. The van der Waals surface area contributed by atoms with Crippen LogP contribution in [-0.4, -0.2) is 51.3 Å². The lowest BCUT2D eigenvalue weighted by Gasteiger charge is -2.33. The Bertz CT molecular complexity index is 1890. The third kappa shape index (κ3) is 5.84. The van der Waals surface area contributed by atoms with Crippen LogP contribution >= 0.6 is 15.9 Å². The van der Waals surface area contributed by atoms with Crippen molar-refractivity contribution in [2.75, 3.05) is 6.54 Å². The fraction of sp³-hybridized carbons (Fsp3) is 0.194. The normalized spacial score (nSPS) is 14.9. The number of aromatic nitrogens is 1. The van der Waals surface area contributed by atoms with E-state index in [1.807, 2.05) is 0 Å². The van der Waals surface area contributed by atoms with Gasteiger partial charge < -0.3 is 20.0 Å². The number of benzene rings is 3. The zero-order chi connectivity index (χ0) is 34.4. The Morgan fingerprint density at radius 1 is 1.02 bits per heavy atom. The quantitative estimate of drug-likeness (QED) is 0.150. The number of aliphatic carboxylic acids is 1. The molecule has 0 aliphatic carbocycles. The zero-order valence-corrected chi connectivity index (χ0v) is 25.5. The van der Waals surface area contributed by atoms with Crippen LogP contribution in [0.3, 0.4) is 0 Å². The maximum Gasteiger partial charge on any atom is 0.416 e. The number of halogens is 6. The maximum atomic E-state index is 15.2. The molecule has 47 heavy (non-hydrogen) atoms. The summed E-state index contributed by atoms with van der Waals surface area (Å²) in [6.45, 7) is 0.625. The lowest BCUT2D eigenvalue weighted by molar-refractivity contribution is -0.149. The van der Waals surface area contributed by atoms with Crippen LogP contribution in [0.2, 0.25) is 0 Å². The molecule has 0 saturated heterocycles. The zero-order valence-electron chi connectivity index (χ0n) is 23.9. The summed E-state index contributed by atoms with van der Waals surface area (Å²) in [5.41, 5.74) is 0.679. The first-order valence-corrected chi connectivity index (χ1v) is 14.3. The number of carboxylic acids is 1. The number of amides is 3. The Kier molecular flexibility index (Phi) is 8.66. The average molecular weight is 722 g/mol. The molecule has 0 saturated carbocycles. The molecular formula is C31H21BrF5N3O7. The average Bonchev–Trinajstić information content (AvgIpc) is 3.51. The molecule has 0 radical (unpaired) electrons. The Balaban J connectivity index is 1.59. The van der Waals surface area contributed by atoms with Gasteiger partial charge in [-0.1, -0.05) is 24.3 Å². The van der Waals surface area contributed by atoms with E-state index in [0.29, 0.717) is 6.07 Å². The Labute approximate surface area is 270 Å². The number of primary amides is 1. The van der Waals surface area contributed by atoms with Crippen molar-refractivity contribution >= 4 is 39.6 Å². The van der Waals surface area contributed by atoms with Crippen LogP contribution in [0.4, 0.5) is 22.0 Å². The van der Waals surface area contributed by atoms with E-state index in [-0.39, 0.29) is 27.1 Å². The summed E-state index contributed by atoms with van der Waals surface area (Å²) in [5.74, 6) is -8.79. The summed E-state index contributed by atoms with van der Waals surface area (Å²) in [6, 6.07) is 11.1. The first-order chi connectivity index (χ1) is 22.1. The number of nitrogens with two attached hydrogens (primary N) is 1. The highest BCUT2D eigenvalue weighted by Gasteiger charge is 2.53. The predicted molar refractivity (Wildman–Crippen MR) is 155 cm³/mol. The van der Waals surface area contributed by atoms with Gasteiger partial charge in [0.15, 0.2) is 21.7 Å². The number of rotatable bonds is 10. The van der Waals surface area contributed by atoms with Gasteiger partial charge in [-0.2, -0.15) is 13.2 Å². The van der Waals surface area contributed by atoms with E-state index in [0.717, 1.165) is 35.2 Å². The van der Waals surface area contributed by atoms with Gasteiger partial charge in [0.1, 0.15) is 23.2 Å². The number of oxazole rings is 1. The summed E-state index contributed by atoms with van der Waals surface area (Å²) in [6.07, 6.45) is -6.97. The molecule has 1 aliphatic rings. The smallest absolute Gasteiger partial charge is 0.416 e. The molecule has 0 bridgehead atoms. The monoisotopic (exact) mass is 721 g/mol. The number of carbonyl (C=O) groups excluding carboxylic acids is 3. The molecular weight excluding hydrogens is 701 g/mol. The fourth-order valence-electron chi connectivity index (χ4n) is 5.22. The molecule has 16 heteroatoms. The Hall–Kier alpha value is -5.12. The van der Waals surface area contributed by atoms with E-state index in [1.165, 1.54) is 31.2 Å². The van der Waals surface area contributed by atoms with Crippen molar-refractivity contribution < 1.29 is 55.4 Å². The standard InChI is InChI=1S/C31H21BrF5N3O7/c1-14(46-20-11-10-19(33)21(22(20)34)25(38)41)30(29(44)45,12-13-40-26(42)17-4-2-3-5-18(17)27(40)43)28-39-23(24(32)47-28)15-6-8-16(9-7-15)31(35,36)37/h2-11,14H,12-13H2,1H3,(H2,38,41)(H,44,45). The van der Waals surface area contributed by atoms with Crippen molar-refractivity contribution in [1.82, 2.24) is 9.88 Å². The van der Waals surface area contributed by atoms with Gasteiger partial charge in [0.2, 0.25) is 5.89 Å². The van der Waals surface area contributed by atoms with Gasteiger partial charge >= 0.3 is 12.1 Å². The van der Waals surface area contributed by atoms with Crippen LogP contribution < -0.4 is 10.5 Å². The summed E-state index contributed by atoms with van der Waals surface area (Å²) in [7, 11) is 0. The van der Waals surface area contributed by atoms with Gasteiger partial charge in [0, 0.05) is 12.1 Å². The van der Waals surface area contributed by atoms with Crippen molar-refractivity contribution in [2.45, 2.75) is 31.0 Å². The molecule has 3 N–H and O–H groups in total. The molecule has 2 unspecified atom stereocenters. The maximum absolute atomic E-state index is 15.2. The predicted octanol–water partition coefficient (Wildman–Crippen LogP) is 5.98. The van der Waals surface area contributed by atoms with Gasteiger partial charge in [0.25, 0.3) is 17.7 Å². The highest BCUT2D eigenvalue weighted by Crippen LogP contribution is 2.41. The third-order valence-corrected chi connectivity index (χ3v) is 8.28. The molecule has 3 aromatic carbocycles. The number of alkyl halides is 3. The Morgan fingerprint density at radius 2 is 1.62 bits per heavy atom. The van der Waals surface area contributed by atoms with E-state index in [2.05, 4.69) is 20.9 Å². The van der Waals surface area contributed by atoms with Crippen molar-refractivity contribution in [2.24, 2.45) is 5.73 Å². The number of imide groups is 1. The number of hydrogen-bond acceptors (Lipinski definition) is 7. The molecule has 0 spiro atoms. The largest absolute Gasteiger partial charge is 0.486 e. The van der Waals surface area contributed by atoms with Crippen molar-refractivity contribution in [3.63, 3.8) is 0 Å². The molecule has 1 aromatic heterocycles. The van der Waals surface area contributed by atoms with Gasteiger partial charge in [-0.3, -0.25) is 24.1 Å². The summed E-state index contributed by atoms with van der Waals surface area (Å²) < 4.78 is 80.0. The van der Waals surface area contributed by atoms with Crippen LogP contribution in [0.15, 0.2) is 69.8 Å². The topological polar surface area (TPSA) is 153 Å². The summed E-state index contributed by atoms with van der Waals surface area (Å²) >= 11 is 3.11. The first kappa shape index (κ1) is 33.2. The van der Waals surface area contributed by atoms with Crippen LogP contribution in [0.25, 0.3) is 11.3 Å². The van der Waals surface area contributed by atoms with Gasteiger partial charge in [0.05, 0.1) is 16.7 Å². The van der Waals surface area contributed by atoms with Crippen molar-refractivity contribution in [3.8, 4) is 17.0 Å². The van der Waals surface area contributed by atoms with Gasteiger partial charge in [-0.25, -0.2) is 13.8 Å². The van der Waals surface area contributed by atoms with E-state index in [9.17, 15) is 41.8 Å². The van der Waals surface area contributed by atoms with Crippen LogP contribution in [-0.2, 0) is 16.4 Å². The van der Waals surface area contributed by atoms with E-state index < -0.39 is 88.8 Å². The number of ether oxygens (including phenoxy) is 1. The van der Waals surface area contributed by atoms with Crippen LogP contribution in [0.5, 0.6) is 5.75 Å². The van der Waals surface area contributed by atoms with Gasteiger partial charge in [-0.15, -0.1) is 0 Å². The molecule has 4 aromatic rings. The number of carboxylic acid groups (broad SMARTS) is 1. The van der Waals surface area contributed by atoms with Crippen molar-refractivity contribution in [3.05, 3.63) is 105 Å². The third-order valence-electron chi connectivity index (χ3n) is 7.74. The lowest BCUT2D eigenvalue weighted by Crippen LogP contribution is -2.51. The highest BCUT2D eigenvalue weighted by atomic mass is 79.9.